The maximum atomic E-state index is 6.01. The lowest BCUT2D eigenvalue weighted by atomic mass is 9.68. The van der Waals surface area contributed by atoms with E-state index in [2.05, 4.69) is 35.5 Å². The minimum absolute atomic E-state index is 0.462. The first-order valence-electron chi connectivity index (χ1n) is 5.13. The smallest absolute Gasteiger partial charge is 0.225 e. The zero-order valence-electron chi connectivity index (χ0n) is 8.92. The number of aromatic nitrogens is 3. The van der Waals surface area contributed by atoms with Crippen molar-refractivity contribution in [1.82, 2.24) is 14.8 Å². The van der Waals surface area contributed by atoms with Gasteiger partial charge < -0.3 is 0 Å². The van der Waals surface area contributed by atoms with E-state index >= 15 is 0 Å². The summed E-state index contributed by atoms with van der Waals surface area (Å²) in [6.07, 6.45) is 3.26. The first-order valence-corrected chi connectivity index (χ1v) is 5.50. The van der Waals surface area contributed by atoms with E-state index in [1.807, 2.05) is 0 Å². The first kappa shape index (κ1) is 9.97. The molecule has 0 N–H and O–H groups in total. The average molecular weight is 214 g/mol. The van der Waals surface area contributed by atoms with Crippen LogP contribution in [0.1, 0.15) is 45.5 Å². The molecule has 0 amide bonds. The van der Waals surface area contributed by atoms with Crippen molar-refractivity contribution in [3.05, 3.63) is 11.1 Å². The van der Waals surface area contributed by atoms with Crippen LogP contribution in [-0.2, 0) is 6.42 Å². The largest absolute Gasteiger partial charge is 0.299 e. The third kappa shape index (κ3) is 1.54. The van der Waals surface area contributed by atoms with Gasteiger partial charge in [-0.25, -0.2) is 0 Å². The normalized spacial score (nSPS) is 20.9. The molecule has 3 nitrogen and oxygen atoms in total. The molecule has 0 atom stereocenters. The van der Waals surface area contributed by atoms with Crippen molar-refractivity contribution in [3.63, 3.8) is 0 Å². The molecule has 14 heavy (non-hydrogen) atoms. The fourth-order valence-electron chi connectivity index (χ4n) is 2.30. The van der Waals surface area contributed by atoms with Crippen LogP contribution in [0.3, 0.4) is 0 Å². The summed E-state index contributed by atoms with van der Waals surface area (Å²) >= 11 is 6.01. The summed E-state index contributed by atoms with van der Waals surface area (Å²) < 4.78 is 2.09. The van der Waals surface area contributed by atoms with Crippen LogP contribution in [0.25, 0.3) is 0 Å². The number of halogens is 1. The van der Waals surface area contributed by atoms with E-state index in [9.17, 15) is 0 Å². The minimum Gasteiger partial charge on any atom is -0.299 e. The van der Waals surface area contributed by atoms with E-state index < -0.39 is 0 Å². The average Bonchev–Trinajstić information content (AvgIpc) is 2.42. The van der Waals surface area contributed by atoms with Gasteiger partial charge in [0, 0.05) is 12.5 Å². The Labute approximate surface area is 89.5 Å². The fourth-order valence-corrected chi connectivity index (χ4v) is 2.58. The van der Waals surface area contributed by atoms with Gasteiger partial charge in [-0.2, -0.15) is 0 Å². The van der Waals surface area contributed by atoms with Crippen molar-refractivity contribution in [2.75, 3.05) is 0 Å². The molecular formula is C10H16ClN3. The third-order valence-electron chi connectivity index (χ3n) is 2.98. The Morgan fingerprint density at radius 1 is 1.43 bits per heavy atom. The fraction of sp³-hybridized carbons (Fsp3) is 0.800. The van der Waals surface area contributed by atoms with Crippen LogP contribution < -0.4 is 0 Å². The molecule has 1 heterocycles. The van der Waals surface area contributed by atoms with Gasteiger partial charge in [-0.3, -0.25) is 4.57 Å². The van der Waals surface area contributed by atoms with Gasteiger partial charge >= 0.3 is 0 Å². The molecule has 1 saturated carbocycles. The minimum atomic E-state index is 0.462. The SMILES string of the molecule is CCc1nnc(Cl)n1C1CC(C)(C)C1. The molecule has 1 aromatic heterocycles. The topological polar surface area (TPSA) is 30.7 Å². The predicted octanol–water partition coefficient (Wildman–Crippen LogP) is 2.86. The summed E-state index contributed by atoms with van der Waals surface area (Å²) in [5.74, 6) is 1.01. The van der Waals surface area contributed by atoms with Crippen molar-refractivity contribution in [2.45, 2.75) is 46.1 Å². The molecule has 0 bridgehead atoms. The van der Waals surface area contributed by atoms with Gasteiger partial charge in [-0.15, -0.1) is 10.2 Å². The van der Waals surface area contributed by atoms with E-state index in [0.29, 0.717) is 16.7 Å². The Morgan fingerprint density at radius 2 is 2.07 bits per heavy atom. The van der Waals surface area contributed by atoms with Gasteiger partial charge in [0.05, 0.1) is 0 Å². The number of aryl methyl sites for hydroxylation is 1. The van der Waals surface area contributed by atoms with Crippen LogP contribution in [0.5, 0.6) is 0 Å². The lowest BCUT2D eigenvalue weighted by molar-refractivity contribution is 0.102. The van der Waals surface area contributed by atoms with Crippen molar-refractivity contribution in [1.29, 1.82) is 0 Å². The summed E-state index contributed by atoms with van der Waals surface area (Å²) in [5.41, 5.74) is 0.462. The zero-order chi connectivity index (χ0) is 10.3. The monoisotopic (exact) mass is 213 g/mol. The molecule has 1 aromatic rings. The highest BCUT2D eigenvalue weighted by molar-refractivity contribution is 6.28. The Bertz CT molecular complexity index is 335. The molecule has 1 fully saturated rings. The summed E-state index contributed by atoms with van der Waals surface area (Å²) in [6, 6.07) is 0.516. The van der Waals surface area contributed by atoms with E-state index in [-0.39, 0.29) is 0 Å². The van der Waals surface area contributed by atoms with E-state index in [1.165, 1.54) is 12.8 Å². The van der Waals surface area contributed by atoms with Gasteiger partial charge in [-0.1, -0.05) is 20.8 Å². The van der Waals surface area contributed by atoms with Crippen LogP contribution in [0.15, 0.2) is 0 Å². The van der Waals surface area contributed by atoms with Crippen LogP contribution in [0.2, 0.25) is 5.28 Å². The van der Waals surface area contributed by atoms with Gasteiger partial charge in [0.25, 0.3) is 0 Å². The molecule has 1 aliphatic carbocycles. The van der Waals surface area contributed by atoms with Crippen LogP contribution in [-0.4, -0.2) is 14.8 Å². The van der Waals surface area contributed by atoms with Crippen molar-refractivity contribution in [2.24, 2.45) is 5.41 Å². The molecule has 0 aliphatic heterocycles. The number of rotatable bonds is 2. The highest BCUT2D eigenvalue weighted by Crippen LogP contribution is 2.48. The second-order valence-corrected chi connectivity index (χ2v) is 5.17. The number of nitrogens with zero attached hydrogens (tertiary/aromatic N) is 3. The number of hydrogen-bond acceptors (Lipinski definition) is 2. The Hall–Kier alpha value is -0.570. The number of hydrogen-bond donors (Lipinski definition) is 0. The third-order valence-corrected chi connectivity index (χ3v) is 3.24. The Balaban J connectivity index is 2.21. The highest BCUT2D eigenvalue weighted by atomic mass is 35.5. The summed E-state index contributed by atoms with van der Waals surface area (Å²) in [4.78, 5) is 0. The Kier molecular flexibility index (Phi) is 2.30. The van der Waals surface area contributed by atoms with Crippen LogP contribution >= 0.6 is 11.6 Å². The molecule has 0 saturated heterocycles. The van der Waals surface area contributed by atoms with Gasteiger partial charge in [0.2, 0.25) is 5.28 Å². The van der Waals surface area contributed by atoms with Gasteiger partial charge in [0.15, 0.2) is 0 Å². The van der Waals surface area contributed by atoms with Crippen LogP contribution in [0.4, 0.5) is 0 Å². The van der Waals surface area contributed by atoms with Crippen LogP contribution in [0, 0.1) is 5.41 Å². The highest BCUT2D eigenvalue weighted by Gasteiger charge is 2.38. The maximum absolute atomic E-state index is 6.01. The van der Waals surface area contributed by atoms with Gasteiger partial charge in [0.1, 0.15) is 5.82 Å². The molecule has 4 heteroatoms. The molecule has 0 unspecified atom stereocenters. The quantitative estimate of drug-likeness (QED) is 0.757. The molecule has 1 aliphatic rings. The maximum Gasteiger partial charge on any atom is 0.225 e. The lowest BCUT2D eigenvalue weighted by Gasteiger charge is -2.43. The van der Waals surface area contributed by atoms with E-state index in [4.69, 9.17) is 11.6 Å². The second kappa shape index (κ2) is 3.23. The molecule has 0 radical (unpaired) electrons. The summed E-state index contributed by atoms with van der Waals surface area (Å²) in [7, 11) is 0. The zero-order valence-corrected chi connectivity index (χ0v) is 9.67. The molecule has 2 rings (SSSR count). The summed E-state index contributed by atoms with van der Waals surface area (Å²) in [5, 5.41) is 8.53. The van der Waals surface area contributed by atoms with E-state index in [1.54, 1.807) is 0 Å². The van der Waals surface area contributed by atoms with Crippen molar-refractivity contribution in [3.8, 4) is 0 Å². The standard InChI is InChI=1S/C10H16ClN3/c1-4-8-12-13-9(11)14(8)7-5-10(2,3)6-7/h7H,4-6H2,1-3H3. The second-order valence-electron chi connectivity index (χ2n) is 4.84. The first-order chi connectivity index (χ1) is 6.53. The molecule has 78 valence electrons. The molecular weight excluding hydrogens is 198 g/mol. The Morgan fingerprint density at radius 3 is 2.57 bits per heavy atom. The van der Waals surface area contributed by atoms with E-state index in [0.717, 1.165) is 12.2 Å². The van der Waals surface area contributed by atoms with Crippen molar-refractivity contribution >= 4 is 11.6 Å². The van der Waals surface area contributed by atoms with Crippen molar-refractivity contribution < 1.29 is 0 Å². The lowest BCUT2D eigenvalue weighted by Crippen LogP contribution is -2.34. The molecule has 0 aromatic carbocycles. The molecule has 0 spiro atoms. The van der Waals surface area contributed by atoms with Gasteiger partial charge in [-0.05, 0) is 29.9 Å². The predicted molar refractivity (Wildman–Crippen MR) is 56.5 cm³/mol. The summed E-state index contributed by atoms with van der Waals surface area (Å²) in [6.45, 7) is 6.65.